The van der Waals surface area contributed by atoms with Gasteiger partial charge in [0.15, 0.2) is 10.8 Å². The molecular weight excluding hydrogens is 547 g/mol. The van der Waals surface area contributed by atoms with Gasteiger partial charge in [0.05, 0.1) is 18.7 Å². The van der Waals surface area contributed by atoms with Gasteiger partial charge >= 0.3 is 11.9 Å². The van der Waals surface area contributed by atoms with Crippen molar-refractivity contribution in [2.24, 2.45) is 4.99 Å². The summed E-state index contributed by atoms with van der Waals surface area (Å²) in [5.41, 5.74) is 1.15. The Morgan fingerprint density at radius 3 is 2.75 bits per heavy atom. The number of alkyl halides is 2. The van der Waals surface area contributed by atoms with E-state index in [1.54, 1.807) is 31.5 Å². The second-order valence-electron chi connectivity index (χ2n) is 9.34. The van der Waals surface area contributed by atoms with E-state index in [2.05, 4.69) is 25.9 Å². The lowest BCUT2D eigenvalue weighted by Crippen LogP contribution is -2.41. The van der Waals surface area contributed by atoms with Gasteiger partial charge in [-0.2, -0.15) is 0 Å². The number of unbranched alkanes of at least 4 members (excludes halogenated alkanes) is 1. The van der Waals surface area contributed by atoms with Crippen LogP contribution in [0, 0.1) is 12.7 Å². The van der Waals surface area contributed by atoms with Gasteiger partial charge in [-0.15, -0.1) is 11.3 Å². The average Bonchev–Trinajstić information content (AvgIpc) is 3.44. The number of carboxylic acid groups (broad SMARTS) is 1. The molecule has 1 aliphatic rings. The maximum Gasteiger partial charge on any atom is 0.338 e. The van der Waals surface area contributed by atoms with E-state index in [1.165, 1.54) is 30.4 Å². The quantitative estimate of drug-likeness (QED) is 0.184. The highest BCUT2D eigenvalue weighted by molar-refractivity contribution is 7.11. The number of nitrogens with one attached hydrogen (secondary N) is 3. The Bertz CT molecular complexity index is 1240. The molecule has 0 spiro atoms. The summed E-state index contributed by atoms with van der Waals surface area (Å²) in [5.74, 6) is -4.85. The Kier molecular flexibility index (Phi) is 11.2. The molecule has 0 saturated heterocycles. The van der Waals surface area contributed by atoms with E-state index in [9.17, 15) is 22.8 Å². The number of aliphatic carboxylic acids is 1. The third-order valence-corrected chi connectivity index (χ3v) is 7.12. The molecule has 0 bridgehead atoms. The second-order valence-corrected chi connectivity index (χ2v) is 10.2. The van der Waals surface area contributed by atoms with Gasteiger partial charge in [0.2, 0.25) is 0 Å². The van der Waals surface area contributed by atoms with Gasteiger partial charge in [0, 0.05) is 30.2 Å². The Morgan fingerprint density at radius 2 is 2.08 bits per heavy atom. The van der Waals surface area contributed by atoms with Crippen molar-refractivity contribution in [3.8, 4) is 0 Å². The van der Waals surface area contributed by atoms with Crippen LogP contribution in [-0.2, 0) is 14.3 Å². The molecule has 1 aromatic heterocycles. The third kappa shape index (κ3) is 8.35. The lowest BCUT2D eigenvalue weighted by Gasteiger charge is -2.28. The lowest BCUT2D eigenvalue weighted by atomic mass is 9.92. The number of carbonyl (C=O) groups is 2. The van der Waals surface area contributed by atoms with Crippen LogP contribution >= 0.6 is 11.3 Å². The van der Waals surface area contributed by atoms with Gasteiger partial charge in [0.1, 0.15) is 17.9 Å². The van der Waals surface area contributed by atoms with Crippen molar-refractivity contribution >= 4 is 29.1 Å². The highest BCUT2D eigenvalue weighted by Gasteiger charge is 2.35. The van der Waals surface area contributed by atoms with E-state index < -0.39 is 48.7 Å². The maximum atomic E-state index is 14.6. The summed E-state index contributed by atoms with van der Waals surface area (Å²) in [6, 6.07) is 2.82. The van der Waals surface area contributed by atoms with E-state index in [-0.39, 0.29) is 30.8 Å². The number of esters is 1. The molecule has 218 valence electrons. The molecule has 40 heavy (non-hydrogen) atoms. The van der Waals surface area contributed by atoms with Crippen LogP contribution in [-0.4, -0.2) is 66.1 Å². The van der Waals surface area contributed by atoms with E-state index in [0.29, 0.717) is 34.9 Å². The molecule has 0 amide bonds. The van der Waals surface area contributed by atoms with Crippen molar-refractivity contribution in [2.75, 3.05) is 26.2 Å². The fourth-order valence-electron chi connectivity index (χ4n) is 4.15. The first kappa shape index (κ1) is 31.2. The number of thiazole rings is 1. The molecule has 13 heteroatoms. The molecule has 0 aliphatic carbocycles. The lowest BCUT2D eigenvalue weighted by molar-refractivity contribution is -0.139. The molecule has 2 aromatic rings. The first-order valence-corrected chi connectivity index (χ1v) is 13.9. The molecule has 4 N–H and O–H groups in total. The standard InChI is InChI=1S/C27H34F3N5O4S/c1-4-39-26(38)21-20(14-31-15-27(29,30)10-5-6-11-32-17(3)25(36)37)34-23(24-33-12-13-40-24)35-22(21)18-8-7-9-19(28)16(18)2/h7-9,12-13,17,22,31-32H,4-6,10-11,14-15H2,1-3H3,(H,34,35)(H,36,37)/t17-,22-/m0/s1. The number of hydrogen-bond donors (Lipinski definition) is 4. The number of nitrogens with zero attached hydrogens (tertiary/aromatic N) is 2. The highest BCUT2D eigenvalue weighted by atomic mass is 32.1. The minimum absolute atomic E-state index is 0.0825. The van der Waals surface area contributed by atoms with Gasteiger partial charge in [0.25, 0.3) is 5.92 Å². The maximum absolute atomic E-state index is 14.6. The number of hydrogen-bond acceptors (Lipinski definition) is 9. The van der Waals surface area contributed by atoms with Crippen molar-refractivity contribution in [2.45, 2.75) is 58.0 Å². The number of halogens is 3. The zero-order valence-corrected chi connectivity index (χ0v) is 23.4. The summed E-state index contributed by atoms with van der Waals surface area (Å²) >= 11 is 1.30. The van der Waals surface area contributed by atoms with Crippen LogP contribution in [0.5, 0.6) is 0 Å². The molecule has 0 unspecified atom stereocenters. The topological polar surface area (TPSA) is 125 Å². The third-order valence-electron chi connectivity index (χ3n) is 6.34. The normalized spacial score (nSPS) is 16.4. The first-order valence-electron chi connectivity index (χ1n) is 13.0. The summed E-state index contributed by atoms with van der Waals surface area (Å²) in [4.78, 5) is 32.9. The SMILES string of the molecule is CCOC(=O)C1=C(CNCC(F)(F)CCCCN[C@@H](C)C(=O)O)NC(c2nccs2)=N[C@H]1c1cccc(F)c1C. The number of amidine groups is 1. The molecule has 1 aliphatic heterocycles. The Balaban J connectivity index is 1.78. The Hall–Kier alpha value is -3.29. The number of ether oxygens (including phenoxy) is 1. The van der Waals surface area contributed by atoms with Gasteiger partial charge in [-0.3, -0.25) is 9.79 Å². The monoisotopic (exact) mass is 581 g/mol. The molecule has 1 aromatic carbocycles. The molecule has 9 nitrogen and oxygen atoms in total. The molecular formula is C27H34F3N5O4S. The minimum Gasteiger partial charge on any atom is -0.480 e. The van der Waals surface area contributed by atoms with Gasteiger partial charge in [-0.05, 0) is 57.4 Å². The molecule has 2 heterocycles. The van der Waals surface area contributed by atoms with Crippen molar-refractivity contribution in [1.29, 1.82) is 0 Å². The predicted molar refractivity (Wildman–Crippen MR) is 146 cm³/mol. The predicted octanol–water partition coefficient (Wildman–Crippen LogP) is 3.96. The zero-order valence-electron chi connectivity index (χ0n) is 22.6. The summed E-state index contributed by atoms with van der Waals surface area (Å²) in [7, 11) is 0. The largest absolute Gasteiger partial charge is 0.480 e. The zero-order chi connectivity index (χ0) is 29.3. The van der Waals surface area contributed by atoms with E-state index in [0.717, 1.165) is 0 Å². The second kappa shape index (κ2) is 14.4. The van der Waals surface area contributed by atoms with Crippen LogP contribution in [0.15, 0.2) is 46.0 Å². The van der Waals surface area contributed by atoms with Crippen LogP contribution in [0.3, 0.4) is 0 Å². The van der Waals surface area contributed by atoms with E-state index >= 15 is 0 Å². The number of aromatic nitrogens is 1. The summed E-state index contributed by atoms with van der Waals surface area (Å²) < 4.78 is 49.0. The first-order chi connectivity index (χ1) is 19.0. The van der Waals surface area contributed by atoms with Crippen molar-refractivity contribution in [3.05, 3.63) is 63.0 Å². The van der Waals surface area contributed by atoms with Crippen LogP contribution in [0.25, 0.3) is 0 Å². The number of benzene rings is 1. The Labute approximate surface area is 234 Å². The molecule has 3 rings (SSSR count). The van der Waals surface area contributed by atoms with E-state index in [1.807, 2.05) is 0 Å². The smallest absolute Gasteiger partial charge is 0.338 e. The van der Waals surface area contributed by atoms with Crippen molar-refractivity contribution in [3.63, 3.8) is 0 Å². The molecule has 0 saturated carbocycles. The minimum atomic E-state index is -3.04. The van der Waals surface area contributed by atoms with Gasteiger partial charge in [-0.1, -0.05) is 12.1 Å². The van der Waals surface area contributed by atoms with Crippen LogP contribution in [0.2, 0.25) is 0 Å². The summed E-state index contributed by atoms with van der Waals surface area (Å²) in [5, 5.41) is 19.7. The number of carboxylic acids is 1. The van der Waals surface area contributed by atoms with Crippen LogP contribution in [0.1, 0.15) is 55.3 Å². The fourth-order valence-corrected chi connectivity index (χ4v) is 4.74. The van der Waals surface area contributed by atoms with Crippen LogP contribution < -0.4 is 16.0 Å². The number of rotatable bonds is 15. The van der Waals surface area contributed by atoms with Crippen molar-refractivity contribution in [1.82, 2.24) is 20.9 Å². The Morgan fingerprint density at radius 1 is 1.30 bits per heavy atom. The molecule has 0 radical (unpaired) electrons. The fraction of sp³-hybridized carbons (Fsp3) is 0.481. The number of carbonyl (C=O) groups excluding carboxylic acids is 1. The number of aliphatic imine (C=N–C) groups is 1. The highest BCUT2D eigenvalue weighted by Crippen LogP contribution is 2.35. The summed E-state index contributed by atoms with van der Waals surface area (Å²) in [6.07, 6.45) is 1.80. The van der Waals surface area contributed by atoms with Crippen molar-refractivity contribution < 1.29 is 32.6 Å². The average molecular weight is 582 g/mol. The van der Waals surface area contributed by atoms with Gasteiger partial charge < -0.3 is 25.8 Å². The van der Waals surface area contributed by atoms with E-state index in [4.69, 9.17) is 9.84 Å². The molecule has 2 atom stereocenters. The van der Waals surface area contributed by atoms with Gasteiger partial charge in [-0.25, -0.2) is 22.9 Å². The summed E-state index contributed by atoms with van der Waals surface area (Å²) in [6.45, 7) is 4.35. The molecule has 0 fully saturated rings. The van der Waals surface area contributed by atoms with Crippen LogP contribution in [0.4, 0.5) is 13.2 Å².